The number of hydrogen-bond donors (Lipinski definition) is 1. The van der Waals surface area contributed by atoms with Gasteiger partial charge in [0.05, 0.1) is 0 Å². The summed E-state index contributed by atoms with van der Waals surface area (Å²) < 4.78 is 5.72. The summed E-state index contributed by atoms with van der Waals surface area (Å²) in [7, 11) is 0. The summed E-state index contributed by atoms with van der Waals surface area (Å²) in [5, 5.41) is 0. The van der Waals surface area contributed by atoms with Crippen LogP contribution in [-0.2, 0) is 6.42 Å². The second-order valence-electron chi connectivity index (χ2n) is 3.74. The molecule has 0 fully saturated rings. The van der Waals surface area contributed by atoms with Crippen LogP contribution in [0.4, 0.5) is 0 Å². The highest BCUT2D eigenvalue weighted by Gasteiger charge is 2.08. The first-order chi connectivity index (χ1) is 7.25. The fraction of sp³-hybridized carbons (Fsp3) is 0.231. The number of rotatable bonds is 0. The average molecular weight is 201 g/mol. The summed E-state index contributed by atoms with van der Waals surface area (Å²) in [5.74, 6) is 1.79. The van der Waals surface area contributed by atoms with Gasteiger partial charge in [-0.2, -0.15) is 0 Å². The van der Waals surface area contributed by atoms with E-state index in [1.54, 1.807) is 0 Å². The van der Waals surface area contributed by atoms with Crippen molar-refractivity contribution < 1.29 is 4.74 Å². The highest BCUT2D eigenvalue weighted by molar-refractivity contribution is 5.36. The Kier molecular flexibility index (Phi) is 2.88. The van der Waals surface area contributed by atoms with E-state index in [0.29, 0.717) is 0 Å². The lowest BCUT2D eigenvalue weighted by Gasteiger charge is -2.11. The number of ether oxygens (including phenoxy) is 1. The number of para-hydroxylation sites is 1. The molecule has 0 amide bonds. The molecule has 2 N–H and O–H groups in total. The molecule has 1 aromatic carbocycles. The van der Waals surface area contributed by atoms with Gasteiger partial charge in [0.2, 0.25) is 0 Å². The predicted octanol–water partition coefficient (Wildman–Crippen LogP) is 2.41. The molecule has 0 radical (unpaired) electrons. The average Bonchev–Trinajstić information content (AvgIpc) is 2.26. The van der Waals surface area contributed by atoms with Crippen LogP contribution in [0.15, 0.2) is 48.3 Å². The lowest BCUT2D eigenvalue weighted by atomic mass is 10.1. The monoisotopic (exact) mass is 201 g/mol. The minimum Gasteiger partial charge on any atom is -0.462 e. The first kappa shape index (κ1) is 9.99. The van der Waals surface area contributed by atoms with Crippen LogP contribution in [0.25, 0.3) is 0 Å². The van der Waals surface area contributed by atoms with Gasteiger partial charge < -0.3 is 10.5 Å². The van der Waals surface area contributed by atoms with E-state index >= 15 is 0 Å². The van der Waals surface area contributed by atoms with E-state index in [2.05, 4.69) is 6.07 Å². The summed E-state index contributed by atoms with van der Waals surface area (Å²) >= 11 is 0. The van der Waals surface area contributed by atoms with Gasteiger partial charge in [-0.3, -0.25) is 0 Å². The Bertz CT molecular complexity index is 407. The van der Waals surface area contributed by atoms with Crippen molar-refractivity contribution in [2.75, 3.05) is 0 Å². The van der Waals surface area contributed by atoms with Crippen molar-refractivity contribution in [1.29, 1.82) is 0 Å². The minimum atomic E-state index is 0.0527. The van der Waals surface area contributed by atoms with Crippen molar-refractivity contribution >= 4 is 0 Å². The Morgan fingerprint density at radius 3 is 3.00 bits per heavy atom. The zero-order valence-electron chi connectivity index (χ0n) is 8.81. The standard InChI is InChI=1S/C13H15NO/c1-10-5-4-7-12(14)9-11-6-2-3-8-13(11)15-10/h2-8,12H,9,14H2,1H3/b7-4-,10-5+. The Labute approximate surface area is 90.1 Å². The number of fused-ring (bicyclic) bond motifs is 1. The van der Waals surface area contributed by atoms with Crippen molar-refractivity contribution in [2.24, 2.45) is 5.73 Å². The van der Waals surface area contributed by atoms with Gasteiger partial charge in [-0.05, 0) is 31.1 Å². The quantitative estimate of drug-likeness (QED) is 0.699. The summed E-state index contributed by atoms with van der Waals surface area (Å²) in [5.41, 5.74) is 7.12. The van der Waals surface area contributed by atoms with Gasteiger partial charge in [-0.1, -0.05) is 30.4 Å². The lowest BCUT2D eigenvalue weighted by molar-refractivity contribution is 0.423. The molecule has 0 aromatic heterocycles. The molecule has 78 valence electrons. The molecule has 2 rings (SSSR count). The third kappa shape index (κ3) is 2.48. The molecule has 1 atom stereocenters. The molecule has 15 heavy (non-hydrogen) atoms. The Balaban J connectivity index is 2.39. The highest BCUT2D eigenvalue weighted by atomic mass is 16.5. The maximum atomic E-state index is 5.96. The maximum absolute atomic E-state index is 5.96. The van der Waals surface area contributed by atoms with Crippen LogP contribution >= 0.6 is 0 Å². The summed E-state index contributed by atoms with van der Waals surface area (Å²) in [6.07, 6.45) is 6.69. The predicted molar refractivity (Wildman–Crippen MR) is 61.6 cm³/mol. The topological polar surface area (TPSA) is 35.2 Å². The van der Waals surface area contributed by atoms with Crippen LogP contribution in [-0.4, -0.2) is 6.04 Å². The van der Waals surface area contributed by atoms with Crippen molar-refractivity contribution in [1.82, 2.24) is 0 Å². The molecule has 0 saturated carbocycles. The molecule has 2 heteroatoms. The SMILES string of the molecule is C/C1=C\C=C/C(N)Cc2ccccc2O1. The van der Waals surface area contributed by atoms with Crippen LogP contribution in [0.1, 0.15) is 12.5 Å². The Morgan fingerprint density at radius 2 is 2.13 bits per heavy atom. The molecule has 0 bridgehead atoms. The molecule has 0 spiro atoms. The van der Waals surface area contributed by atoms with Crippen molar-refractivity contribution in [3.8, 4) is 5.75 Å². The first-order valence-electron chi connectivity index (χ1n) is 5.12. The second-order valence-corrected chi connectivity index (χ2v) is 3.74. The largest absolute Gasteiger partial charge is 0.462 e. The molecule has 0 aliphatic carbocycles. The molecule has 1 heterocycles. The van der Waals surface area contributed by atoms with E-state index in [0.717, 1.165) is 23.5 Å². The molecule has 1 aromatic rings. The fourth-order valence-corrected chi connectivity index (χ4v) is 1.64. The van der Waals surface area contributed by atoms with Crippen molar-refractivity contribution in [3.63, 3.8) is 0 Å². The van der Waals surface area contributed by atoms with Crippen molar-refractivity contribution in [3.05, 3.63) is 53.8 Å². The second kappa shape index (κ2) is 4.32. The van der Waals surface area contributed by atoms with Crippen molar-refractivity contribution in [2.45, 2.75) is 19.4 Å². The van der Waals surface area contributed by atoms with E-state index in [-0.39, 0.29) is 6.04 Å². The normalized spacial score (nSPS) is 26.0. The van der Waals surface area contributed by atoms with E-state index in [1.807, 2.05) is 43.4 Å². The van der Waals surface area contributed by atoms with Crippen LogP contribution < -0.4 is 10.5 Å². The molecule has 2 nitrogen and oxygen atoms in total. The van der Waals surface area contributed by atoms with Gasteiger partial charge in [0.1, 0.15) is 11.5 Å². The van der Waals surface area contributed by atoms with E-state index in [9.17, 15) is 0 Å². The molecular formula is C13H15NO. The number of benzene rings is 1. The zero-order valence-corrected chi connectivity index (χ0v) is 8.81. The maximum Gasteiger partial charge on any atom is 0.130 e. The van der Waals surface area contributed by atoms with E-state index in [1.165, 1.54) is 0 Å². The summed E-state index contributed by atoms with van der Waals surface area (Å²) in [4.78, 5) is 0. The zero-order chi connectivity index (χ0) is 10.7. The Hall–Kier alpha value is -1.54. The van der Waals surface area contributed by atoms with Gasteiger partial charge in [0, 0.05) is 6.04 Å². The van der Waals surface area contributed by atoms with Crippen LogP contribution in [0, 0.1) is 0 Å². The van der Waals surface area contributed by atoms with Gasteiger partial charge in [-0.15, -0.1) is 0 Å². The number of nitrogens with two attached hydrogens (primary N) is 1. The van der Waals surface area contributed by atoms with Gasteiger partial charge in [0.25, 0.3) is 0 Å². The van der Waals surface area contributed by atoms with Gasteiger partial charge in [0.15, 0.2) is 0 Å². The molecule has 1 aliphatic heterocycles. The smallest absolute Gasteiger partial charge is 0.130 e. The third-order valence-electron chi connectivity index (χ3n) is 2.39. The third-order valence-corrected chi connectivity index (χ3v) is 2.39. The van der Waals surface area contributed by atoms with Crippen LogP contribution in [0.2, 0.25) is 0 Å². The lowest BCUT2D eigenvalue weighted by Crippen LogP contribution is -2.19. The van der Waals surface area contributed by atoms with E-state index in [4.69, 9.17) is 10.5 Å². The molecule has 1 aliphatic rings. The number of allylic oxidation sites excluding steroid dienone is 3. The van der Waals surface area contributed by atoms with E-state index < -0.39 is 0 Å². The van der Waals surface area contributed by atoms with Crippen LogP contribution in [0.3, 0.4) is 0 Å². The highest BCUT2D eigenvalue weighted by Crippen LogP contribution is 2.22. The first-order valence-corrected chi connectivity index (χ1v) is 5.12. The van der Waals surface area contributed by atoms with Gasteiger partial charge >= 0.3 is 0 Å². The minimum absolute atomic E-state index is 0.0527. The molecular weight excluding hydrogens is 186 g/mol. The van der Waals surface area contributed by atoms with Gasteiger partial charge in [-0.25, -0.2) is 0 Å². The summed E-state index contributed by atoms with van der Waals surface area (Å²) in [6, 6.07) is 8.07. The summed E-state index contributed by atoms with van der Waals surface area (Å²) in [6.45, 7) is 1.94. The fourth-order valence-electron chi connectivity index (χ4n) is 1.64. The number of hydrogen-bond acceptors (Lipinski definition) is 2. The molecule has 1 unspecified atom stereocenters. The van der Waals surface area contributed by atoms with Crippen LogP contribution in [0.5, 0.6) is 5.75 Å². The molecule has 0 saturated heterocycles. The Morgan fingerprint density at radius 1 is 1.33 bits per heavy atom.